The highest BCUT2D eigenvalue weighted by atomic mass is 16.2. The summed E-state index contributed by atoms with van der Waals surface area (Å²) in [7, 11) is 0. The van der Waals surface area contributed by atoms with Crippen LogP contribution < -0.4 is 10.6 Å². The number of amides is 1. The fourth-order valence-corrected chi connectivity index (χ4v) is 4.24. The first-order chi connectivity index (χ1) is 10.8. The molecule has 3 fully saturated rings. The maximum absolute atomic E-state index is 12.7. The lowest BCUT2D eigenvalue weighted by Gasteiger charge is -2.42. The van der Waals surface area contributed by atoms with Crippen molar-refractivity contribution in [3.63, 3.8) is 0 Å². The molecule has 1 amide bonds. The van der Waals surface area contributed by atoms with Crippen LogP contribution in [0.4, 0.5) is 0 Å². The molecule has 126 valence electrons. The quantitative estimate of drug-likeness (QED) is 0.804. The molecule has 0 aromatic heterocycles. The third-order valence-corrected chi connectivity index (χ3v) is 5.79. The molecule has 0 spiro atoms. The smallest absolute Gasteiger partial charge is 0.227 e. The van der Waals surface area contributed by atoms with Gasteiger partial charge in [0.1, 0.15) is 0 Å². The standard InChI is InChI=1S/C17H32N4O/c1-14(16-4-2-3-7-19-16)17(22)21-12-10-20(11-13-21)15-5-8-18-9-6-15/h14-16,18-19H,2-13H2,1H3. The summed E-state index contributed by atoms with van der Waals surface area (Å²) in [6.45, 7) is 9.43. The Morgan fingerprint density at radius 1 is 1.00 bits per heavy atom. The minimum Gasteiger partial charge on any atom is -0.340 e. The van der Waals surface area contributed by atoms with E-state index >= 15 is 0 Å². The van der Waals surface area contributed by atoms with Gasteiger partial charge >= 0.3 is 0 Å². The van der Waals surface area contributed by atoms with Crippen LogP contribution in [-0.2, 0) is 4.79 Å². The number of piperazine rings is 1. The molecule has 3 saturated heterocycles. The number of hydrogen-bond donors (Lipinski definition) is 2. The Balaban J connectivity index is 1.46. The zero-order chi connectivity index (χ0) is 15.4. The first kappa shape index (κ1) is 16.2. The summed E-state index contributed by atoms with van der Waals surface area (Å²) in [4.78, 5) is 17.5. The average Bonchev–Trinajstić information content (AvgIpc) is 2.62. The normalized spacial score (nSPS) is 30.2. The second kappa shape index (κ2) is 7.75. The molecule has 0 aromatic carbocycles. The van der Waals surface area contributed by atoms with Crippen molar-refractivity contribution in [2.24, 2.45) is 5.92 Å². The fraction of sp³-hybridized carbons (Fsp3) is 0.941. The lowest BCUT2D eigenvalue weighted by atomic mass is 9.92. The topological polar surface area (TPSA) is 47.6 Å². The van der Waals surface area contributed by atoms with Gasteiger partial charge in [0.2, 0.25) is 5.91 Å². The van der Waals surface area contributed by atoms with Crippen molar-refractivity contribution < 1.29 is 4.79 Å². The molecule has 0 aliphatic carbocycles. The van der Waals surface area contributed by atoms with Crippen LogP contribution in [0.1, 0.15) is 39.0 Å². The molecule has 5 nitrogen and oxygen atoms in total. The monoisotopic (exact) mass is 308 g/mol. The van der Waals surface area contributed by atoms with Gasteiger partial charge in [-0.1, -0.05) is 13.3 Å². The summed E-state index contributed by atoms with van der Waals surface area (Å²) in [5.74, 6) is 0.495. The van der Waals surface area contributed by atoms with Crippen LogP contribution in [0, 0.1) is 5.92 Å². The number of rotatable bonds is 3. The molecule has 0 radical (unpaired) electrons. The number of piperidine rings is 2. The van der Waals surface area contributed by atoms with E-state index in [4.69, 9.17) is 0 Å². The molecule has 2 atom stereocenters. The Hall–Kier alpha value is -0.650. The van der Waals surface area contributed by atoms with Crippen molar-refractivity contribution in [2.75, 3.05) is 45.8 Å². The zero-order valence-corrected chi connectivity index (χ0v) is 14.0. The summed E-state index contributed by atoms with van der Waals surface area (Å²) in [6.07, 6.45) is 6.19. The van der Waals surface area contributed by atoms with E-state index in [9.17, 15) is 4.79 Å². The Bertz CT molecular complexity index is 356. The van der Waals surface area contributed by atoms with E-state index in [1.807, 2.05) is 0 Å². The summed E-state index contributed by atoms with van der Waals surface area (Å²) in [5.41, 5.74) is 0. The van der Waals surface area contributed by atoms with E-state index in [1.165, 1.54) is 25.7 Å². The predicted molar refractivity (Wildman–Crippen MR) is 88.9 cm³/mol. The third kappa shape index (κ3) is 3.81. The van der Waals surface area contributed by atoms with Crippen LogP contribution in [0.2, 0.25) is 0 Å². The molecule has 0 bridgehead atoms. The van der Waals surface area contributed by atoms with Crippen LogP contribution >= 0.6 is 0 Å². The molecular formula is C17H32N4O. The van der Waals surface area contributed by atoms with Gasteiger partial charge in [0.25, 0.3) is 0 Å². The lowest BCUT2D eigenvalue weighted by molar-refractivity contribution is -0.138. The number of nitrogens with one attached hydrogen (secondary N) is 2. The summed E-state index contributed by atoms with van der Waals surface area (Å²) in [5, 5.41) is 6.97. The summed E-state index contributed by atoms with van der Waals surface area (Å²) < 4.78 is 0. The van der Waals surface area contributed by atoms with Gasteiger partial charge < -0.3 is 15.5 Å². The van der Waals surface area contributed by atoms with Gasteiger partial charge in [-0.25, -0.2) is 0 Å². The molecule has 3 aliphatic heterocycles. The highest BCUT2D eigenvalue weighted by Gasteiger charge is 2.32. The van der Waals surface area contributed by atoms with E-state index in [0.717, 1.165) is 58.3 Å². The maximum Gasteiger partial charge on any atom is 0.227 e. The molecule has 0 saturated carbocycles. The molecule has 5 heteroatoms. The van der Waals surface area contributed by atoms with Crippen molar-refractivity contribution in [1.82, 2.24) is 20.4 Å². The van der Waals surface area contributed by atoms with Crippen molar-refractivity contribution in [3.05, 3.63) is 0 Å². The molecule has 3 rings (SSSR count). The minimum absolute atomic E-state index is 0.130. The largest absolute Gasteiger partial charge is 0.340 e. The van der Waals surface area contributed by atoms with Crippen molar-refractivity contribution in [3.8, 4) is 0 Å². The second-order valence-corrected chi connectivity index (χ2v) is 7.19. The van der Waals surface area contributed by atoms with Crippen LogP contribution in [0.25, 0.3) is 0 Å². The Kier molecular flexibility index (Phi) is 5.71. The van der Waals surface area contributed by atoms with Crippen LogP contribution in [0.3, 0.4) is 0 Å². The van der Waals surface area contributed by atoms with Crippen LogP contribution in [-0.4, -0.2) is 73.6 Å². The van der Waals surface area contributed by atoms with Gasteiger partial charge in [-0.3, -0.25) is 9.69 Å². The Morgan fingerprint density at radius 3 is 2.36 bits per heavy atom. The number of nitrogens with zero attached hydrogens (tertiary/aromatic N) is 2. The van der Waals surface area contributed by atoms with E-state index in [-0.39, 0.29) is 5.92 Å². The first-order valence-corrected chi connectivity index (χ1v) is 9.22. The summed E-state index contributed by atoms with van der Waals surface area (Å²) >= 11 is 0. The SMILES string of the molecule is CC(C(=O)N1CCN(C2CCNCC2)CC1)C1CCCCN1. The summed E-state index contributed by atoms with van der Waals surface area (Å²) in [6, 6.07) is 1.12. The Labute approximate surface area is 134 Å². The molecule has 0 aromatic rings. The molecule has 22 heavy (non-hydrogen) atoms. The van der Waals surface area contributed by atoms with E-state index in [2.05, 4.69) is 27.4 Å². The second-order valence-electron chi connectivity index (χ2n) is 7.19. The van der Waals surface area contributed by atoms with Gasteiger partial charge in [-0.2, -0.15) is 0 Å². The van der Waals surface area contributed by atoms with Gasteiger partial charge in [-0.05, 0) is 45.3 Å². The third-order valence-electron chi connectivity index (χ3n) is 5.79. The van der Waals surface area contributed by atoms with E-state index in [1.54, 1.807) is 0 Å². The van der Waals surface area contributed by atoms with Crippen LogP contribution in [0.5, 0.6) is 0 Å². The first-order valence-electron chi connectivity index (χ1n) is 9.22. The van der Waals surface area contributed by atoms with Gasteiger partial charge in [-0.15, -0.1) is 0 Å². The minimum atomic E-state index is 0.130. The molecule has 3 aliphatic rings. The molecule has 3 heterocycles. The highest BCUT2D eigenvalue weighted by molar-refractivity contribution is 5.79. The lowest BCUT2D eigenvalue weighted by Crippen LogP contribution is -2.56. The predicted octanol–water partition coefficient (Wildman–Crippen LogP) is 0.661. The van der Waals surface area contributed by atoms with E-state index < -0.39 is 0 Å². The van der Waals surface area contributed by atoms with Gasteiger partial charge in [0.15, 0.2) is 0 Å². The molecular weight excluding hydrogens is 276 g/mol. The zero-order valence-electron chi connectivity index (χ0n) is 14.0. The van der Waals surface area contributed by atoms with Crippen molar-refractivity contribution >= 4 is 5.91 Å². The maximum atomic E-state index is 12.7. The van der Waals surface area contributed by atoms with Gasteiger partial charge in [0, 0.05) is 38.3 Å². The number of hydrogen-bond acceptors (Lipinski definition) is 4. The van der Waals surface area contributed by atoms with Crippen LogP contribution in [0.15, 0.2) is 0 Å². The number of carbonyl (C=O) groups excluding carboxylic acids is 1. The fourth-order valence-electron chi connectivity index (χ4n) is 4.24. The van der Waals surface area contributed by atoms with Crippen molar-refractivity contribution in [2.45, 2.75) is 51.1 Å². The van der Waals surface area contributed by atoms with Gasteiger partial charge in [0.05, 0.1) is 5.92 Å². The van der Waals surface area contributed by atoms with Crippen molar-refractivity contribution in [1.29, 1.82) is 0 Å². The molecule has 2 N–H and O–H groups in total. The Morgan fingerprint density at radius 2 is 1.73 bits per heavy atom. The molecule has 2 unspecified atom stereocenters. The van der Waals surface area contributed by atoms with E-state index in [0.29, 0.717) is 11.9 Å². The highest BCUT2D eigenvalue weighted by Crippen LogP contribution is 2.20. The average molecular weight is 308 g/mol. The number of carbonyl (C=O) groups is 1.